The van der Waals surface area contributed by atoms with Crippen molar-refractivity contribution in [3.63, 3.8) is 0 Å². The van der Waals surface area contributed by atoms with E-state index in [4.69, 9.17) is 5.11 Å². The third-order valence-corrected chi connectivity index (χ3v) is 4.34. The van der Waals surface area contributed by atoms with Gasteiger partial charge in [0, 0.05) is 12.7 Å². The molecule has 0 aliphatic heterocycles. The summed E-state index contributed by atoms with van der Waals surface area (Å²) >= 11 is 1.32. The maximum atomic E-state index is 10.6. The molecule has 0 amide bonds. The minimum absolute atomic E-state index is 0.0844. The van der Waals surface area contributed by atoms with Crippen LogP contribution in [0.15, 0.2) is 11.4 Å². The molecular formula is C13H20N2O2S. The highest BCUT2D eigenvalue weighted by atomic mass is 32.2. The highest BCUT2D eigenvalue weighted by Gasteiger charge is 2.16. The topological polar surface area (TPSA) is 55.1 Å². The molecule has 0 spiro atoms. The van der Waals surface area contributed by atoms with Gasteiger partial charge in [-0.15, -0.1) is 0 Å². The van der Waals surface area contributed by atoms with Gasteiger partial charge >= 0.3 is 5.97 Å². The van der Waals surface area contributed by atoms with Gasteiger partial charge in [-0.25, -0.2) is 4.98 Å². The van der Waals surface area contributed by atoms with Crippen LogP contribution in [0.5, 0.6) is 0 Å². The molecule has 5 heteroatoms. The fourth-order valence-electron chi connectivity index (χ4n) is 2.54. The molecule has 1 aliphatic rings. The molecule has 0 radical (unpaired) electrons. The normalized spacial score (nSPS) is 16.9. The third-order valence-electron chi connectivity index (χ3n) is 3.36. The smallest absolute Gasteiger partial charge is 0.313 e. The van der Waals surface area contributed by atoms with E-state index in [1.807, 2.05) is 13.1 Å². The lowest BCUT2D eigenvalue weighted by Crippen LogP contribution is -2.14. The monoisotopic (exact) mass is 268 g/mol. The van der Waals surface area contributed by atoms with E-state index < -0.39 is 5.97 Å². The number of aromatic nitrogens is 2. The molecule has 100 valence electrons. The SMILES string of the molecule is Cc1cn(CC2CCCCC2)c(SCC(=O)O)n1. The lowest BCUT2D eigenvalue weighted by atomic mass is 9.89. The van der Waals surface area contributed by atoms with E-state index in [1.54, 1.807) is 0 Å². The van der Waals surface area contributed by atoms with E-state index >= 15 is 0 Å². The van der Waals surface area contributed by atoms with Crippen molar-refractivity contribution in [2.45, 2.75) is 50.7 Å². The van der Waals surface area contributed by atoms with Crippen molar-refractivity contribution in [3.8, 4) is 0 Å². The number of hydrogen-bond acceptors (Lipinski definition) is 3. The average Bonchev–Trinajstić information content (AvgIpc) is 2.68. The quantitative estimate of drug-likeness (QED) is 0.834. The minimum Gasteiger partial charge on any atom is -0.481 e. The van der Waals surface area contributed by atoms with E-state index in [2.05, 4.69) is 9.55 Å². The van der Waals surface area contributed by atoms with E-state index in [0.717, 1.165) is 23.3 Å². The van der Waals surface area contributed by atoms with Crippen LogP contribution in [-0.2, 0) is 11.3 Å². The molecule has 4 nitrogen and oxygen atoms in total. The maximum absolute atomic E-state index is 10.6. The Morgan fingerprint density at radius 2 is 2.22 bits per heavy atom. The fourth-order valence-corrected chi connectivity index (χ4v) is 3.30. The summed E-state index contributed by atoms with van der Waals surface area (Å²) in [6.07, 6.45) is 8.64. The average molecular weight is 268 g/mol. The van der Waals surface area contributed by atoms with Gasteiger partial charge in [0.2, 0.25) is 0 Å². The number of imidazole rings is 1. The number of carboxylic acid groups (broad SMARTS) is 1. The van der Waals surface area contributed by atoms with Gasteiger partial charge in [-0.2, -0.15) is 0 Å². The molecule has 1 fully saturated rings. The summed E-state index contributed by atoms with van der Waals surface area (Å²) in [6, 6.07) is 0. The Bertz CT molecular complexity index is 411. The van der Waals surface area contributed by atoms with Gasteiger partial charge in [0.1, 0.15) is 0 Å². The molecule has 0 unspecified atom stereocenters. The van der Waals surface area contributed by atoms with Crippen LogP contribution in [0.25, 0.3) is 0 Å². The van der Waals surface area contributed by atoms with Crippen LogP contribution in [0.3, 0.4) is 0 Å². The summed E-state index contributed by atoms with van der Waals surface area (Å²) in [5.41, 5.74) is 0.971. The summed E-state index contributed by atoms with van der Waals surface area (Å²) in [5.74, 6) is 0.0302. The predicted molar refractivity (Wildman–Crippen MR) is 71.9 cm³/mol. The van der Waals surface area contributed by atoms with Gasteiger partial charge in [-0.05, 0) is 25.7 Å². The summed E-state index contributed by atoms with van der Waals surface area (Å²) in [5, 5.41) is 9.58. The van der Waals surface area contributed by atoms with E-state index in [0.29, 0.717) is 0 Å². The fraction of sp³-hybridized carbons (Fsp3) is 0.692. The zero-order chi connectivity index (χ0) is 13.0. The van der Waals surface area contributed by atoms with Gasteiger partial charge in [0.05, 0.1) is 11.4 Å². The van der Waals surface area contributed by atoms with Crippen LogP contribution in [-0.4, -0.2) is 26.4 Å². The molecule has 0 atom stereocenters. The molecule has 1 aromatic rings. The van der Waals surface area contributed by atoms with Crippen LogP contribution in [0, 0.1) is 12.8 Å². The van der Waals surface area contributed by atoms with E-state index in [1.165, 1.54) is 43.9 Å². The zero-order valence-electron chi connectivity index (χ0n) is 10.8. The van der Waals surface area contributed by atoms with E-state index in [-0.39, 0.29) is 5.75 Å². The lowest BCUT2D eigenvalue weighted by molar-refractivity contribution is -0.133. The molecule has 0 aromatic carbocycles. The molecule has 1 N–H and O–H groups in total. The number of rotatable bonds is 5. The minimum atomic E-state index is -0.787. The Morgan fingerprint density at radius 3 is 2.89 bits per heavy atom. The molecule has 2 rings (SSSR count). The lowest BCUT2D eigenvalue weighted by Gasteiger charge is -2.22. The van der Waals surface area contributed by atoms with Gasteiger partial charge in [-0.3, -0.25) is 4.79 Å². The largest absolute Gasteiger partial charge is 0.481 e. The second kappa shape index (κ2) is 6.27. The third kappa shape index (κ3) is 3.77. The molecule has 1 aliphatic carbocycles. The first-order valence-electron chi connectivity index (χ1n) is 6.53. The predicted octanol–water partition coefficient (Wildman–Crippen LogP) is 2.95. The van der Waals surface area contributed by atoms with Crippen LogP contribution in [0.4, 0.5) is 0 Å². The zero-order valence-corrected chi connectivity index (χ0v) is 11.6. The van der Waals surface area contributed by atoms with Gasteiger partial charge in [0.25, 0.3) is 0 Å². The molecule has 1 saturated carbocycles. The Kier molecular flexibility index (Phi) is 4.69. The number of carbonyl (C=O) groups is 1. The van der Waals surface area contributed by atoms with Crippen molar-refractivity contribution < 1.29 is 9.90 Å². The number of aryl methyl sites for hydroxylation is 1. The van der Waals surface area contributed by atoms with E-state index in [9.17, 15) is 4.79 Å². The van der Waals surface area contributed by atoms with Crippen molar-refractivity contribution in [3.05, 3.63) is 11.9 Å². The van der Waals surface area contributed by atoms with Crippen molar-refractivity contribution in [2.75, 3.05) is 5.75 Å². The number of thioether (sulfide) groups is 1. The summed E-state index contributed by atoms with van der Waals surface area (Å²) in [4.78, 5) is 15.0. The Labute approximate surface area is 112 Å². The van der Waals surface area contributed by atoms with Crippen LogP contribution < -0.4 is 0 Å². The van der Waals surface area contributed by atoms with Crippen molar-refractivity contribution in [1.82, 2.24) is 9.55 Å². The highest BCUT2D eigenvalue weighted by molar-refractivity contribution is 7.99. The van der Waals surface area contributed by atoms with Crippen molar-refractivity contribution in [1.29, 1.82) is 0 Å². The highest BCUT2D eigenvalue weighted by Crippen LogP contribution is 2.27. The second-order valence-corrected chi connectivity index (χ2v) is 5.95. The van der Waals surface area contributed by atoms with Gasteiger partial charge in [-0.1, -0.05) is 31.0 Å². The van der Waals surface area contributed by atoms with Crippen LogP contribution in [0.2, 0.25) is 0 Å². The van der Waals surface area contributed by atoms with Gasteiger partial charge < -0.3 is 9.67 Å². The first kappa shape index (κ1) is 13.5. The standard InChI is InChI=1S/C13H20N2O2S/c1-10-7-15(8-11-5-3-2-4-6-11)13(14-10)18-9-12(16)17/h7,11H,2-6,8-9H2,1H3,(H,16,17). The number of nitrogens with zero attached hydrogens (tertiary/aromatic N) is 2. The number of carboxylic acids is 1. The second-order valence-electron chi connectivity index (χ2n) is 5.00. The summed E-state index contributed by atoms with van der Waals surface area (Å²) in [6.45, 7) is 2.95. The first-order chi connectivity index (χ1) is 8.65. The molecule has 1 aromatic heterocycles. The van der Waals surface area contributed by atoms with Gasteiger partial charge in [0.15, 0.2) is 5.16 Å². The molecule has 1 heterocycles. The van der Waals surface area contributed by atoms with Crippen molar-refractivity contribution in [2.24, 2.45) is 5.92 Å². The molecular weight excluding hydrogens is 248 g/mol. The Hall–Kier alpha value is -0.970. The number of hydrogen-bond donors (Lipinski definition) is 1. The Balaban J connectivity index is 1.99. The first-order valence-corrected chi connectivity index (χ1v) is 7.52. The molecule has 18 heavy (non-hydrogen) atoms. The summed E-state index contributed by atoms with van der Waals surface area (Å²) in [7, 11) is 0. The van der Waals surface area contributed by atoms with Crippen LogP contribution in [0.1, 0.15) is 37.8 Å². The maximum Gasteiger partial charge on any atom is 0.313 e. The van der Waals surface area contributed by atoms with Crippen LogP contribution >= 0.6 is 11.8 Å². The Morgan fingerprint density at radius 1 is 1.50 bits per heavy atom. The van der Waals surface area contributed by atoms with Crippen molar-refractivity contribution >= 4 is 17.7 Å². The summed E-state index contributed by atoms with van der Waals surface area (Å²) < 4.78 is 2.14. The molecule has 0 bridgehead atoms. The molecule has 0 saturated heterocycles. The number of aliphatic carboxylic acids is 1.